The van der Waals surface area contributed by atoms with Crippen molar-refractivity contribution in [1.82, 2.24) is 10.3 Å². The summed E-state index contributed by atoms with van der Waals surface area (Å²) in [6.45, 7) is 4.26. The van der Waals surface area contributed by atoms with Gasteiger partial charge in [-0.3, -0.25) is 4.79 Å². The molecule has 0 unspecified atom stereocenters. The number of ether oxygens (including phenoxy) is 1. The summed E-state index contributed by atoms with van der Waals surface area (Å²) in [6, 6.07) is 21.7. The van der Waals surface area contributed by atoms with E-state index in [0.717, 1.165) is 33.7 Å². The van der Waals surface area contributed by atoms with E-state index in [2.05, 4.69) is 26.2 Å². The molecule has 1 heterocycles. The van der Waals surface area contributed by atoms with Crippen molar-refractivity contribution in [2.75, 3.05) is 6.61 Å². The third-order valence-corrected chi connectivity index (χ3v) is 6.68. The molecule has 1 amide bonds. The largest absolute Gasteiger partial charge is 0.492 e. The SMILES string of the molecule is Cc1ccc(/C=C/C(=O)N[C@@H](Cc2ccc(OCCc3nc(-c4ccccc4)oc3C)c(Br)c2)C(=O)O)cc1. The molecule has 0 saturated carbocycles. The Morgan fingerprint density at radius 3 is 2.51 bits per heavy atom. The summed E-state index contributed by atoms with van der Waals surface area (Å²) >= 11 is 3.51. The fraction of sp³-hybridized carbons (Fsp3) is 0.194. The minimum absolute atomic E-state index is 0.124. The number of nitrogens with zero attached hydrogens (tertiary/aromatic N) is 1. The zero-order valence-electron chi connectivity index (χ0n) is 21.7. The number of carboxylic acid groups (broad SMARTS) is 1. The predicted molar refractivity (Wildman–Crippen MR) is 154 cm³/mol. The van der Waals surface area contributed by atoms with Crippen molar-refractivity contribution in [3.63, 3.8) is 0 Å². The first kappa shape index (κ1) is 27.9. The molecule has 2 N–H and O–H groups in total. The lowest BCUT2D eigenvalue weighted by molar-refractivity contribution is -0.141. The van der Waals surface area contributed by atoms with Crippen LogP contribution in [0.4, 0.5) is 0 Å². The lowest BCUT2D eigenvalue weighted by Crippen LogP contribution is -2.41. The topological polar surface area (TPSA) is 102 Å². The second kappa shape index (κ2) is 13.1. The molecule has 0 aliphatic heterocycles. The quantitative estimate of drug-likeness (QED) is 0.203. The molecule has 0 aliphatic carbocycles. The number of amides is 1. The minimum atomic E-state index is -1.11. The highest BCUT2D eigenvalue weighted by Crippen LogP contribution is 2.27. The number of carbonyl (C=O) groups is 2. The number of aromatic nitrogens is 1. The molecule has 0 spiro atoms. The Morgan fingerprint density at radius 2 is 1.82 bits per heavy atom. The number of oxazole rings is 1. The first-order chi connectivity index (χ1) is 18.8. The van der Waals surface area contributed by atoms with E-state index in [9.17, 15) is 14.7 Å². The van der Waals surface area contributed by atoms with E-state index in [4.69, 9.17) is 9.15 Å². The van der Waals surface area contributed by atoms with E-state index >= 15 is 0 Å². The average molecular weight is 589 g/mol. The molecule has 7 nitrogen and oxygen atoms in total. The summed E-state index contributed by atoms with van der Waals surface area (Å²) in [5.74, 6) is 0.378. The van der Waals surface area contributed by atoms with E-state index in [0.29, 0.717) is 29.1 Å². The van der Waals surface area contributed by atoms with Crippen molar-refractivity contribution in [3.05, 3.63) is 111 Å². The predicted octanol–water partition coefficient (Wildman–Crippen LogP) is 6.17. The highest BCUT2D eigenvalue weighted by atomic mass is 79.9. The van der Waals surface area contributed by atoms with Crippen LogP contribution in [0, 0.1) is 13.8 Å². The second-order valence-corrected chi connectivity index (χ2v) is 9.95. The molecule has 39 heavy (non-hydrogen) atoms. The summed E-state index contributed by atoms with van der Waals surface area (Å²) in [4.78, 5) is 28.8. The molecule has 0 aliphatic rings. The molecule has 4 rings (SSSR count). The summed E-state index contributed by atoms with van der Waals surface area (Å²) in [5.41, 5.74) is 4.47. The van der Waals surface area contributed by atoms with Gasteiger partial charge in [-0.15, -0.1) is 0 Å². The van der Waals surface area contributed by atoms with Crippen LogP contribution in [0.15, 0.2) is 87.8 Å². The van der Waals surface area contributed by atoms with E-state index in [1.807, 2.05) is 68.4 Å². The number of hydrogen-bond donors (Lipinski definition) is 2. The Kier molecular flexibility index (Phi) is 9.33. The van der Waals surface area contributed by atoms with E-state index in [1.165, 1.54) is 6.08 Å². The van der Waals surface area contributed by atoms with Crippen LogP contribution < -0.4 is 10.1 Å². The lowest BCUT2D eigenvalue weighted by atomic mass is 10.1. The molecule has 3 aromatic carbocycles. The van der Waals surface area contributed by atoms with Gasteiger partial charge in [-0.1, -0.05) is 54.1 Å². The molecule has 0 bridgehead atoms. The second-order valence-electron chi connectivity index (χ2n) is 9.10. The van der Waals surface area contributed by atoms with Crippen LogP contribution in [0.25, 0.3) is 17.5 Å². The maximum Gasteiger partial charge on any atom is 0.326 e. The smallest absolute Gasteiger partial charge is 0.326 e. The Balaban J connectivity index is 1.32. The number of halogens is 1. The van der Waals surface area contributed by atoms with Crippen LogP contribution in [0.2, 0.25) is 0 Å². The number of aryl methyl sites for hydroxylation is 2. The van der Waals surface area contributed by atoms with E-state index in [1.54, 1.807) is 24.3 Å². The van der Waals surface area contributed by atoms with Crippen molar-refractivity contribution in [2.45, 2.75) is 32.7 Å². The highest BCUT2D eigenvalue weighted by molar-refractivity contribution is 9.10. The molecule has 0 saturated heterocycles. The average Bonchev–Trinajstić information content (AvgIpc) is 3.30. The van der Waals surface area contributed by atoms with Crippen LogP contribution in [-0.4, -0.2) is 34.6 Å². The van der Waals surface area contributed by atoms with Gasteiger partial charge in [-0.05, 0) is 71.2 Å². The summed E-state index contributed by atoms with van der Waals surface area (Å²) in [6.07, 6.45) is 3.69. The summed E-state index contributed by atoms with van der Waals surface area (Å²) in [7, 11) is 0. The maximum absolute atomic E-state index is 12.3. The molecule has 1 atom stereocenters. The van der Waals surface area contributed by atoms with Gasteiger partial charge in [0.1, 0.15) is 17.6 Å². The third-order valence-electron chi connectivity index (χ3n) is 6.07. The van der Waals surface area contributed by atoms with Crippen LogP contribution in [0.1, 0.15) is 28.1 Å². The Bertz CT molecular complexity index is 1460. The highest BCUT2D eigenvalue weighted by Gasteiger charge is 2.20. The summed E-state index contributed by atoms with van der Waals surface area (Å²) in [5, 5.41) is 12.2. The van der Waals surface area contributed by atoms with Crippen LogP contribution in [0.5, 0.6) is 5.75 Å². The Labute approximate surface area is 235 Å². The molecule has 4 aromatic rings. The molecular formula is C31H29BrN2O5. The van der Waals surface area contributed by atoms with Gasteiger partial charge in [0.15, 0.2) is 0 Å². The number of carbonyl (C=O) groups excluding carboxylic acids is 1. The molecular weight excluding hydrogens is 560 g/mol. The Hall–Kier alpha value is -4.17. The van der Waals surface area contributed by atoms with Gasteiger partial charge in [0, 0.05) is 24.5 Å². The molecule has 8 heteroatoms. The molecule has 0 fully saturated rings. The minimum Gasteiger partial charge on any atom is -0.492 e. The number of aliphatic carboxylic acids is 1. The number of rotatable bonds is 11. The van der Waals surface area contributed by atoms with Crippen LogP contribution >= 0.6 is 15.9 Å². The van der Waals surface area contributed by atoms with E-state index < -0.39 is 17.9 Å². The van der Waals surface area contributed by atoms with Gasteiger partial charge < -0.3 is 19.6 Å². The van der Waals surface area contributed by atoms with Crippen molar-refractivity contribution >= 4 is 33.9 Å². The fourth-order valence-electron chi connectivity index (χ4n) is 3.92. The Morgan fingerprint density at radius 1 is 1.08 bits per heavy atom. The van der Waals surface area contributed by atoms with Crippen molar-refractivity contribution < 1.29 is 23.8 Å². The maximum atomic E-state index is 12.3. The molecule has 200 valence electrons. The normalized spacial score (nSPS) is 11.9. The number of nitrogens with one attached hydrogen (secondary N) is 1. The van der Waals surface area contributed by atoms with E-state index in [-0.39, 0.29) is 6.42 Å². The summed E-state index contributed by atoms with van der Waals surface area (Å²) < 4.78 is 12.4. The van der Waals surface area contributed by atoms with Crippen molar-refractivity contribution in [3.8, 4) is 17.2 Å². The van der Waals surface area contributed by atoms with Crippen molar-refractivity contribution in [1.29, 1.82) is 0 Å². The number of carboxylic acids is 1. The van der Waals surface area contributed by atoms with Crippen LogP contribution in [0.3, 0.4) is 0 Å². The molecule has 0 radical (unpaired) electrons. The lowest BCUT2D eigenvalue weighted by Gasteiger charge is -2.15. The van der Waals surface area contributed by atoms with Gasteiger partial charge >= 0.3 is 5.97 Å². The monoisotopic (exact) mass is 588 g/mol. The standard InChI is InChI=1S/C31H29BrN2O5/c1-20-8-10-22(11-9-20)13-15-29(35)33-27(31(36)37)19-23-12-14-28(25(32)18-23)38-17-16-26-21(2)39-30(34-26)24-6-4-3-5-7-24/h3-15,18,27H,16-17,19H2,1-2H3,(H,33,35)(H,36,37)/b15-13+/t27-/m0/s1. The fourth-order valence-corrected chi connectivity index (χ4v) is 4.46. The van der Waals surface area contributed by atoms with Crippen molar-refractivity contribution in [2.24, 2.45) is 0 Å². The van der Waals surface area contributed by atoms with Gasteiger partial charge in [0.05, 0.1) is 16.8 Å². The zero-order chi connectivity index (χ0) is 27.8. The van der Waals surface area contributed by atoms with Gasteiger partial charge in [-0.2, -0.15) is 0 Å². The van der Waals surface area contributed by atoms with Crippen LogP contribution in [-0.2, 0) is 22.4 Å². The first-order valence-corrected chi connectivity index (χ1v) is 13.3. The zero-order valence-corrected chi connectivity index (χ0v) is 23.3. The molecule has 1 aromatic heterocycles. The van der Waals surface area contributed by atoms with Gasteiger partial charge in [0.25, 0.3) is 0 Å². The first-order valence-electron chi connectivity index (χ1n) is 12.5. The third kappa shape index (κ3) is 7.91. The van der Waals surface area contributed by atoms with Gasteiger partial charge in [0.2, 0.25) is 11.8 Å². The number of benzene rings is 3. The van der Waals surface area contributed by atoms with Gasteiger partial charge in [-0.25, -0.2) is 9.78 Å². The number of hydrogen-bond acceptors (Lipinski definition) is 5.